The number of hydrogen-bond acceptors (Lipinski definition) is 0. The van der Waals surface area contributed by atoms with Crippen LogP contribution in [0.2, 0.25) is 0 Å². The van der Waals surface area contributed by atoms with Gasteiger partial charge in [0.25, 0.3) is 0 Å². The van der Waals surface area contributed by atoms with Gasteiger partial charge in [0.1, 0.15) is 5.82 Å². The lowest BCUT2D eigenvalue weighted by Gasteiger charge is -2.50. The van der Waals surface area contributed by atoms with Crippen LogP contribution in [0.25, 0.3) is 22.0 Å². The topological polar surface area (TPSA) is 3.88 Å². The zero-order chi connectivity index (χ0) is 24.6. The van der Waals surface area contributed by atoms with E-state index in [2.05, 4.69) is 84.4 Å². The summed E-state index contributed by atoms with van der Waals surface area (Å²) in [5.41, 5.74) is 8.30. The van der Waals surface area contributed by atoms with Crippen molar-refractivity contribution in [3.8, 4) is 11.3 Å². The molecule has 0 bridgehead atoms. The largest absolute Gasteiger partial charge is 0.221 e. The van der Waals surface area contributed by atoms with Crippen molar-refractivity contribution in [1.82, 2.24) is 0 Å². The molecule has 2 heterocycles. The number of unbranched alkanes of at least 4 members (excludes halogenated alkanes) is 1. The minimum Gasteiger partial charge on any atom is -0.207 e. The molecule has 0 N–H and O–H groups in total. The highest BCUT2D eigenvalue weighted by Crippen LogP contribution is 2.58. The Hall–Kier alpha value is -2.22. The van der Waals surface area contributed by atoms with Crippen molar-refractivity contribution in [2.24, 2.45) is 0 Å². The van der Waals surface area contributed by atoms with E-state index in [0.29, 0.717) is 0 Å². The summed E-state index contributed by atoms with van der Waals surface area (Å²) in [7, 11) is 0. The van der Waals surface area contributed by atoms with Gasteiger partial charge in [-0.1, -0.05) is 60.1 Å². The van der Waals surface area contributed by atoms with E-state index in [-0.39, 0.29) is 22.2 Å². The molecule has 3 aromatic rings. The second-order valence-corrected chi connectivity index (χ2v) is 11.5. The highest BCUT2D eigenvalue weighted by Gasteiger charge is 2.60. The average Bonchev–Trinajstić information content (AvgIpc) is 2.82. The van der Waals surface area contributed by atoms with Crippen LogP contribution >= 0.6 is 0 Å². The van der Waals surface area contributed by atoms with Gasteiger partial charge in [-0.2, -0.15) is 4.57 Å². The van der Waals surface area contributed by atoms with Crippen molar-refractivity contribution >= 4 is 10.8 Å². The van der Waals surface area contributed by atoms with E-state index in [4.69, 9.17) is 0 Å². The van der Waals surface area contributed by atoms with Crippen molar-refractivity contribution in [3.05, 3.63) is 64.1 Å². The summed E-state index contributed by atoms with van der Waals surface area (Å²) in [6.07, 6.45) is 8.93. The number of nitrogens with zero attached hydrogens (tertiary/aromatic N) is 1. The van der Waals surface area contributed by atoms with Crippen LogP contribution < -0.4 is 4.57 Å². The lowest BCUT2D eigenvalue weighted by atomic mass is 9.55. The van der Waals surface area contributed by atoms with Crippen molar-refractivity contribution in [2.45, 2.75) is 110 Å². The second-order valence-electron chi connectivity index (χ2n) is 11.5. The fourth-order valence-corrected chi connectivity index (χ4v) is 7.83. The van der Waals surface area contributed by atoms with Gasteiger partial charge in [-0.25, -0.2) is 4.39 Å². The van der Waals surface area contributed by atoms with Gasteiger partial charge >= 0.3 is 0 Å². The van der Waals surface area contributed by atoms with Gasteiger partial charge < -0.3 is 0 Å². The molecule has 5 rings (SSSR count). The van der Waals surface area contributed by atoms with Gasteiger partial charge in [-0.3, -0.25) is 0 Å². The highest BCUT2D eigenvalue weighted by molar-refractivity contribution is 6.03. The van der Waals surface area contributed by atoms with Gasteiger partial charge in [0.2, 0.25) is 5.69 Å². The Morgan fingerprint density at radius 2 is 1.62 bits per heavy atom. The fraction of sp³-hybridized carbons (Fsp3) is 0.531. The van der Waals surface area contributed by atoms with Gasteiger partial charge in [-0.05, 0) is 66.8 Å². The zero-order valence-electron chi connectivity index (χ0n) is 22.5. The van der Waals surface area contributed by atoms with Crippen molar-refractivity contribution in [2.75, 3.05) is 0 Å². The maximum atomic E-state index is 15.9. The van der Waals surface area contributed by atoms with Gasteiger partial charge in [-0.15, -0.1) is 0 Å². The first-order valence-corrected chi connectivity index (χ1v) is 13.5. The molecular weight excluding hydrogens is 417 g/mol. The molecule has 0 fully saturated rings. The summed E-state index contributed by atoms with van der Waals surface area (Å²) in [6.45, 7) is 18.4. The maximum absolute atomic E-state index is 15.9. The maximum Gasteiger partial charge on any atom is 0.221 e. The number of rotatable bonds is 6. The van der Waals surface area contributed by atoms with Crippen LogP contribution in [-0.4, -0.2) is 0 Å². The molecule has 1 unspecified atom stereocenters. The van der Waals surface area contributed by atoms with E-state index < -0.39 is 0 Å². The van der Waals surface area contributed by atoms with Crippen molar-refractivity contribution in [1.29, 1.82) is 0 Å². The third kappa shape index (κ3) is 2.58. The van der Waals surface area contributed by atoms with E-state index in [1.54, 1.807) is 6.07 Å². The van der Waals surface area contributed by atoms with E-state index in [0.717, 1.165) is 31.2 Å². The number of pyridine rings is 1. The Morgan fingerprint density at radius 3 is 2.24 bits per heavy atom. The van der Waals surface area contributed by atoms with Crippen LogP contribution in [0.4, 0.5) is 4.39 Å². The third-order valence-corrected chi connectivity index (χ3v) is 10.1. The molecule has 2 heteroatoms. The van der Waals surface area contributed by atoms with E-state index in [1.807, 2.05) is 0 Å². The Balaban J connectivity index is 2.04. The monoisotopic (exact) mass is 458 g/mol. The molecule has 180 valence electrons. The summed E-state index contributed by atoms with van der Waals surface area (Å²) in [5, 5.41) is 2.71. The minimum atomic E-state index is -0.387. The Labute approximate surface area is 205 Å². The summed E-state index contributed by atoms with van der Waals surface area (Å²) in [6, 6.07) is 8.67. The first kappa shape index (κ1) is 23.5. The zero-order valence-corrected chi connectivity index (χ0v) is 22.5. The lowest BCUT2D eigenvalue weighted by Crippen LogP contribution is -2.69. The SMILES string of the molecule is CCCCc1cc2c3c4[n+](ccc3c1C)C(CC)(CC)C(C)(CC)c1ccc(F)c(c1-4)C2(C)C. The molecule has 0 spiro atoms. The van der Waals surface area contributed by atoms with Gasteiger partial charge in [0.05, 0.1) is 16.4 Å². The standard InChI is InChI=1S/C32H41FN/c1-9-13-14-21-19-24-26-22(20(21)5)17-18-34-29(26)27-23(15-16-25(33)28(27)30(24,6)7)31(8,10-2)32(34,11-3)12-4/h15-19H,9-14H2,1-8H3/q+1. The molecule has 1 atom stereocenters. The van der Waals surface area contributed by atoms with Crippen LogP contribution in [0, 0.1) is 12.7 Å². The molecule has 1 aliphatic heterocycles. The number of benzene rings is 2. The van der Waals surface area contributed by atoms with Crippen molar-refractivity contribution < 1.29 is 8.96 Å². The van der Waals surface area contributed by atoms with Crippen LogP contribution in [0.3, 0.4) is 0 Å². The van der Waals surface area contributed by atoms with Crippen LogP contribution in [0.1, 0.15) is 108 Å². The predicted molar refractivity (Wildman–Crippen MR) is 141 cm³/mol. The van der Waals surface area contributed by atoms with E-state index >= 15 is 4.39 Å². The normalized spacial score (nSPS) is 21.2. The molecule has 0 amide bonds. The van der Waals surface area contributed by atoms with E-state index in [1.165, 1.54) is 57.1 Å². The van der Waals surface area contributed by atoms with Gasteiger partial charge in [0, 0.05) is 29.9 Å². The third-order valence-electron chi connectivity index (χ3n) is 10.1. The van der Waals surface area contributed by atoms with Gasteiger partial charge in [0.15, 0.2) is 11.7 Å². The number of halogens is 1. The van der Waals surface area contributed by atoms with Crippen LogP contribution in [-0.2, 0) is 22.8 Å². The quantitative estimate of drug-likeness (QED) is 0.326. The molecule has 2 aromatic carbocycles. The van der Waals surface area contributed by atoms with Crippen molar-refractivity contribution in [3.63, 3.8) is 0 Å². The number of aromatic nitrogens is 1. The van der Waals surface area contributed by atoms with Crippen LogP contribution in [0.5, 0.6) is 0 Å². The molecule has 34 heavy (non-hydrogen) atoms. The molecule has 1 nitrogen and oxygen atoms in total. The second kappa shape index (κ2) is 7.64. The molecule has 1 aliphatic carbocycles. The fourth-order valence-electron chi connectivity index (χ4n) is 7.83. The molecule has 0 saturated heterocycles. The summed E-state index contributed by atoms with van der Waals surface area (Å²) in [4.78, 5) is 0. The first-order chi connectivity index (χ1) is 16.1. The minimum absolute atomic E-state index is 0.0408. The lowest BCUT2D eigenvalue weighted by molar-refractivity contribution is -0.768. The van der Waals surface area contributed by atoms with Crippen LogP contribution in [0.15, 0.2) is 30.5 Å². The van der Waals surface area contributed by atoms with E-state index in [9.17, 15) is 0 Å². The Morgan fingerprint density at radius 1 is 0.912 bits per heavy atom. The number of aryl methyl sites for hydroxylation is 2. The molecule has 1 aromatic heterocycles. The summed E-state index contributed by atoms with van der Waals surface area (Å²) >= 11 is 0. The predicted octanol–water partition coefficient (Wildman–Crippen LogP) is 8.42. The summed E-state index contributed by atoms with van der Waals surface area (Å²) in [5.74, 6) is -0.0624. The Bertz CT molecular complexity index is 1310. The smallest absolute Gasteiger partial charge is 0.207 e. The number of hydrogen-bond donors (Lipinski definition) is 0. The summed E-state index contributed by atoms with van der Waals surface area (Å²) < 4.78 is 18.4. The molecular formula is C32H41FN+. The molecule has 0 saturated carbocycles. The Kier molecular flexibility index (Phi) is 5.28. The molecule has 2 aliphatic rings. The first-order valence-electron chi connectivity index (χ1n) is 13.5. The molecule has 0 radical (unpaired) electrons. The highest BCUT2D eigenvalue weighted by atomic mass is 19.1. The average molecular weight is 459 g/mol.